The number of hydrogen-bond donors (Lipinski definition) is 1. The standard InChI is InChI=1S/C16H24N2/c1-18(12-11-17-15-7-8-15)13-16(9-10-16)14-5-3-2-4-6-14/h2-6,15,17H,7-13H2,1H3. The van der Waals surface area contributed by atoms with Crippen molar-refractivity contribution in [3.8, 4) is 0 Å². The molecule has 98 valence electrons. The first kappa shape index (κ1) is 12.2. The molecule has 0 aromatic heterocycles. The molecule has 0 unspecified atom stereocenters. The maximum absolute atomic E-state index is 3.59. The van der Waals surface area contributed by atoms with Gasteiger partial charge in [-0.2, -0.15) is 0 Å². The van der Waals surface area contributed by atoms with Crippen LogP contribution in [0.5, 0.6) is 0 Å². The minimum Gasteiger partial charge on any atom is -0.313 e. The molecule has 0 amide bonds. The number of hydrogen-bond acceptors (Lipinski definition) is 2. The van der Waals surface area contributed by atoms with E-state index in [1.807, 2.05) is 0 Å². The molecule has 2 heteroatoms. The molecule has 1 N–H and O–H groups in total. The fourth-order valence-corrected chi connectivity index (χ4v) is 2.82. The van der Waals surface area contributed by atoms with Crippen LogP contribution >= 0.6 is 0 Å². The van der Waals surface area contributed by atoms with Gasteiger partial charge in [0.25, 0.3) is 0 Å². The lowest BCUT2D eigenvalue weighted by molar-refractivity contribution is 0.300. The highest BCUT2D eigenvalue weighted by Crippen LogP contribution is 2.48. The molecule has 2 nitrogen and oxygen atoms in total. The molecule has 0 bridgehead atoms. The zero-order valence-corrected chi connectivity index (χ0v) is 11.4. The summed E-state index contributed by atoms with van der Waals surface area (Å²) >= 11 is 0. The summed E-state index contributed by atoms with van der Waals surface area (Å²) in [6, 6.07) is 11.9. The Morgan fingerprint density at radius 3 is 2.56 bits per heavy atom. The van der Waals surface area contributed by atoms with Gasteiger partial charge in [0.2, 0.25) is 0 Å². The first-order valence-electron chi connectivity index (χ1n) is 7.26. The van der Waals surface area contributed by atoms with Crippen LogP contribution in [0.1, 0.15) is 31.2 Å². The number of nitrogens with zero attached hydrogens (tertiary/aromatic N) is 1. The van der Waals surface area contributed by atoms with Crippen LogP contribution in [-0.2, 0) is 5.41 Å². The van der Waals surface area contributed by atoms with Gasteiger partial charge in [-0.3, -0.25) is 0 Å². The maximum Gasteiger partial charge on any atom is 0.0104 e. The molecule has 0 heterocycles. The van der Waals surface area contributed by atoms with Gasteiger partial charge in [0.1, 0.15) is 0 Å². The molecular weight excluding hydrogens is 220 g/mol. The maximum atomic E-state index is 3.59. The van der Waals surface area contributed by atoms with Crippen LogP contribution in [0, 0.1) is 0 Å². The van der Waals surface area contributed by atoms with Crippen molar-refractivity contribution >= 4 is 0 Å². The van der Waals surface area contributed by atoms with Crippen LogP contribution in [0.25, 0.3) is 0 Å². The second-order valence-corrected chi connectivity index (χ2v) is 6.11. The molecule has 1 aromatic rings. The predicted octanol–water partition coefficient (Wildman–Crippen LogP) is 2.40. The third-order valence-electron chi connectivity index (χ3n) is 4.32. The van der Waals surface area contributed by atoms with E-state index in [0.29, 0.717) is 5.41 Å². The topological polar surface area (TPSA) is 15.3 Å². The zero-order chi connectivity index (χ0) is 12.4. The van der Waals surface area contributed by atoms with Gasteiger partial charge in [-0.1, -0.05) is 30.3 Å². The molecule has 0 atom stereocenters. The highest BCUT2D eigenvalue weighted by molar-refractivity contribution is 5.31. The van der Waals surface area contributed by atoms with Crippen LogP contribution in [0.3, 0.4) is 0 Å². The van der Waals surface area contributed by atoms with E-state index < -0.39 is 0 Å². The highest BCUT2D eigenvalue weighted by Gasteiger charge is 2.44. The molecule has 1 aromatic carbocycles. The third kappa shape index (κ3) is 2.93. The lowest BCUT2D eigenvalue weighted by atomic mass is 9.95. The van der Waals surface area contributed by atoms with Gasteiger partial charge in [0, 0.05) is 31.1 Å². The third-order valence-corrected chi connectivity index (χ3v) is 4.32. The summed E-state index contributed by atoms with van der Waals surface area (Å²) in [7, 11) is 2.26. The molecule has 2 saturated carbocycles. The summed E-state index contributed by atoms with van der Waals surface area (Å²) in [6.45, 7) is 3.53. The second-order valence-electron chi connectivity index (χ2n) is 6.11. The van der Waals surface area contributed by atoms with Crippen molar-refractivity contribution in [2.24, 2.45) is 0 Å². The monoisotopic (exact) mass is 244 g/mol. The molecule has 2 aliphatic rings. The average molecular weight is 244 g/mol. The van der Waals surface area contributed by atoms with E-state index in [-0.39, 0.29) is 0 Å². The lowest BCUT2D eigenvalue weighted by Gasteiger charge is -2.24. The molecule has 18 heavy (non-hydrogen) atoms. The summed E-state index contributed by atoms with van der Waals surface area (Å²) in [6.07, 6.45) is 5.49. The van der Waals surface area contributed by atoms with Gasteiger partial charge in [-0.05, 0) is 38.3 Å². The Balaban J connectivity index is 1.48. The van der Waals surface area contributed by atoms with E-state index in [1.165, 1.54) is 44.3 Å². The number of rotatable bonds is 7. The van der Waals surface area contributed by atoms with Gasteiger partial charge in [-0.25, -0.2) is 0 Å². The van der Waals surface area contributed by atoms with E-state index in [0.717, 1.165) is 12.6 Å². The zero-order valence-electron chi connectivity index (χ0n) is 11.4. The van der Waals surface area contributed by atoms with Gasteiger partial charge in [0.05, 0.1) is 0 Å². The predicted molar refractivity (Wildman–Crippen MR) is 75.9 cm³/mol. The number of benzene rings is 1. The van der Waals surface area contributed by atoms with E-state index in [2.05, 4.69) is 47.6 Å². The second kappa shape index (κ2) is 5.02. The molecule has 2 fully saturated rings. The Kier molecular flexibility index (Phi) is 3.40. The van der Waals surface area contributed by atoms with Crippen LogP contribution in [0.4, 0.5) is 0 Å². The number of nitrogens with one attached hydrogen (secondary N) is 1. The average Bonchev–Trinajstić information content (AvgIpc) is 3.26. The molecule has 0 radical (unpaired) electrons. The molecule has 2 aliphatic carbocycles. The molecule has 0 spiro atoms. The van der Waals surface area contributed by atoms with Crippen molar-refractivity contribution in [3.05, 3.63) is 35.9 Å². The largest absolute Gasteiger partial charge is 0.313 e. The minimum absolute atomic E-state index is 0.468. The summed E-state index contributed by atoms with van der Waals surface area (Å²) < 4.78 is 0. The summed E-state index contributed by atoms with van der Waals surface area (Å²) in [5, 5.41) is 3.59. The summed E-state index contributed by atoms with van der Waals surface area (Å²) in [4.78, 5) is 2.50. The van der Waals surface area contributed by atoms with Crippen molar-refractivity contribution in [1.29, 1.82) is 0 Å². The summed E-state index contributed by atoms with van der Waals surface area (Å²) in [5.74, 6) is 0. The Bertz CT molecular complexity index is 379. The van der Waals surface area contributed by atoms with Gasteiger partial charge >= 0.3 is 0 Å². The van der Waals surface area contributed by atoms with Crippen molar-refractivity contribution < 1.29 is 0 Å². The fourth-order valence-electron chi connectivity index (χ4n) is 2.82. The van der Waals surface area contributed by atoms with E-state index >= 15 is 0 Å². The summed E-state index contributed by atoms with van der Waals surface area (Å²) in [5.41, 5.74) is 2.00. The molecule has 0 saturated heterocycles. The van der Waals surface area contributed by atoms with Crippen LogP contribution in [0.2, 0.25) is 0 Å². The van der Waals surface area contributed by atoms with E-state index in [1.54, 1.807) is 0 Å². The Hall–Kier alpha value is -0.860. The normalized spacial score (nSPS) is 21.2. The van der Waals surface area contributed by atoms with Crippen LogP contribution < -0.4 is 5.32 Å². The van der Waals surface area contributed by atoms with Crippen molar-refractivity contribution in [2.45, 2.75) is 37.1 Å². The molecular formula is C16H24N2. The van der Waals surface area contributed by atoms with E-state index in [4.69, 9.17) is 0 Å². The fraction of sp³-hybridized carbons (Fsp3) is 0.625. The Labute approximate surface area is 110 Å². The van der Waals surface area contributed by atoms with Crippen molar-refractivity contribution in [3.63, 3.8) is 0 Å². The van der Waals surface area contributed by atoms with Gasteiger partial charge in [0.15, 0.2) is 0 Å². The Morgan fingerprint density at radius 2 is 1.94 bits per heavy atom. The highest BCUT2D eigenvalue weighted by atomic mass is 15.1. The quantitative estimate of drug-likeness (QED) is 0.792. The lowest BCUT2D eigenvalue weighted by Crippen LogP contribution is -2.35. The van der Waals surface area contributed by atoms with Crippen LogP contribution in [-0.4, -0.2) is 37.6 Å². The van der Waals surface area contributed by atoms with Crippen molar-refractivity contribution in [2.75, 3.05) is 26.7 Å². The van der Waals surface area contributed by atoms with Gasteiger partial charge < -0.3 is 10.2 Å². The molecule has 3 rings (SSSR count). The SMILES string of the molecule is CN(CCNC1CC1)CC1(c2ccccc2)CC1. The van der Waals surface area contributed by atoms with Gasteiger partial charge in [-0.15, -0.1) is 0 Å². The van der Waals surface area contributed by atoms with Crippen LogP contribution in [0.15, 0.2) is 30.3 Å². The first-order chi connectivity index (χ1) is 8.78. The number of likely N-dealkylation sites (N-methyl/N-ethyl adjacent to an activating group) is 1. The molecule has 0 aliphatic heterocycles. The Morgan fingerprint density at radius 1 is 1.22 bits per heavy atom. The van der Waals surface area contributed by atoms with Crippen molar-refractivity contribution in [1.82, 2.24) is 10.2 Å². The minimum atomic E-state index is 0.468. The smallest absolute Gasteiger partial charge is 0.0104 e. The first-order valence-corrected chi connectivity index (χ1v) is 7.26. The van der Waals surface area contributed by atoms with E-state index in [9.17, 15) is 0 Å².